The average Bonchev–Trinajstić information content (AvgIpc) is 3.77. The Labute approximate surface area is 237 Å². The van der Waals surface area contributed by atoms with E-state index in [1.807, 2.05) is 70.9 Å². The number of amides is 2. The molecule has 2 amide bonds. The van der Waals surface area contributed by atoms with Gasteiger partial charge in [-0.3, -0.25) is 9.59 Å². The number of aromatic nitrogens is 5. The molecule has 196 valence electrons. The van der Waals surface area contributed by atoms with Gasteiger partial charge in [0.25, 0.3) is 5.91 Å². The minimum Gasteiger partial charge on any atom is -0.327 e. The Morgan fingerprint density at radius 1 is 1.10 bits per heavy atom. The minimum absolute atomic E-state index is 0.176. The normalized spacial score (nSPS) is 15.0. The zero-order valence-corrected chi connectivity index (χ0v) is 23.2. The lowest BCUT2D eigenvalue weighted by Gasteiger charge is -2.24. The first-order valence-electron chi connectivity index (χ1n) is 12.5. The summed E-state index contributed by atoms with van der Waals surface area (Å²) in [7, 11) is 0. The standard InChI is InChI=1S/C28H24BrN7O2S/c29-20-8-10-21(11-9-20)31-27(37)24-6-2-13-35(24)28(38)19-4-1-5-23(16-19)36-18-22(32-33-36)17-34-14-12-30-26(34)25-7-3-15-39-25/h1,3-5,7-12,14-16,18,24H,2,6,13,17H2,(H,31,37). The Kier molecular flexibility index (Phi) is 7.08. The number of hydrogen-bond acceptors (Lipinski definition) is 6. The first-order valence-corrected chi connectivity index (χ1v) is 14.2. The molecule has 1 saturated heterocycles. The summed E-state index contributed by atoms with van der Waals surface area (Å²) in [6.45, 7) is 1.06. The number of benzene rings is 2. The van der Waals surface area contributed by atoms with Crippen molar-refractivity contribution in [2.45, 2.75) is 25.4 Å². The number of rotatable bonds is 7. The summed E-state index contributed by atoms with van der Waals surface area (Å²) in [5.74, 6) is 0.530. The van der Waals surface area contributed by atoms with Crippen LogP contribution in [0.4, 0.5) is 5.69 Å². The Morgan fingerprint density at radius 2 is 1.97 bits per heavy atom. The van der Waals surface area contributed by atoms with Crippen molar-refractivity contribution in [3.63, 3.8) is 0 Å². The third-order valence-electron chi connectivity index (χ3n) is 6.62. The number of halogens is 1. The Morgan fingerprint density at radius 3 is 2.79 bits per heavy atom. The highest BCUT2D eigenvalue weighted by Gasteiger charge is 2.34. The molecule has 4 heterocycles. The van der Waals surface area contributed by atoms with Crippen LogP contribution < -0.4 is 5.32 Å². The molecule has 11 heteroatoms. The van der Waals surface area contributed by atoms with E-state index < -0.39 is 6.04 Å². The number of likely N-dealkylation sites (tertiary alicyclic amines) is 1. The van der Waals surface area contributed by atoms with E-state index in [0.717, 1.165) is 33.0 Å². The molecular formula is C28H24BrN7O2S. The number of nitrogens with one attached hydrogen (secondary N) is 1. The van der Waals surface area contributed by atoms with Gasteiger partial charge in [0, 0.05) is 34.7 Å². The van der Waals surface area contributed by atoms with E-state index in [1.165, 1.54) is 0 Å². The maximum Gasteiger partial charge on any atom is 0.254 e. The van der Waals surface area contributed by atoms with Gasteiger partial charge in [0.2, 0.25) is 5.91 Å². The lowest BCUT2D eigenvalue weighted by Crippen LogP contribution is -2.43. The van der Waals surface area contributed by atoms with Gasteiger partial charge in [0.1, 0.15) is 17.6 Å². The van der Waals surface area contributed by atoms with Crippen LogP contribution in [0.5, 0.6) is 0 Å². The topological polar surface area (TPSA) is 97.9 Å². The molecule has 2 aromatic carbocycles. The molecule has 0 aliphatic carbocycles. The maximum atomic E-state index is 13.5. The van der Waals surface area contributed by atoms with Crippen LogP contribution in [0.25, 0.3) is 16.4 Å². The summed E-state index contributed by atoms with van der Waals surface area (Å²) >= 11 is 5.04. The lowest BCUT2D eigenvalue weighted by molar-refractivity contribution is -0.119. The lowest BCUT2D eigenvalue weighted by atomic mass is 10.1. The van der Waals surface area contributed by atoms with E-state index in [0.29, 0.717) is 30.8 Å². The second-order valence-electron chi connectivity index (χ2n) is 9.21. The Bertz CT molecular complexity index is 1610. The fourth-order valence-corrected chi connectivity index (χ4v) is 5.73. The van der Waals surface area contributed by atoms with Gasteiger partial charge in [0.15, 0.2) is 0 Å². The Hall–Kier alpha value is -4.09. The number of carbonyl (C=O) groups excluding carboxylic acids is 2. The molecule has 1 atom stereocenters. The molecule has 1 aliphatic heterocycles. The summed E-state index contributed by atoms with van der Waals surface area (Å²) in [5, 5.41) is 13.6. The highest BCUT2D eigenvalue weighted by molar-refractivity contribution is 9.10. The van der Waals surface area contributed by atoms with E-state index >= 15 is 0 Å². The molecule has 0 bridgehead atoms. The highest BCUT2D eigenvalue weighted by Crippen LogP contribution is 2.25. The minimum atomic E-state index is -0.518. The number of anilines is 1. The molecule has 3 aromatic heterocycles. The monoisotopic (exact) mass is 601 g/mol. The van der Waals surface area contributed by atoms with Gasteiger partial charge in [-0.1, -0.05) is 33.3 Å². The van der Waals surface area contributed by atoms with Crippen LogP contribution in [0, 0.1) is 0 Å². The van der Waals surface area contributed by atoms with Crippen LogP contribution in [0.3, 0.4) is 0 Å². The van der Waals surface area contributed by atoms with Crippen molar-refractivity contribution >= 4 is 44.8 Å². The SMILES string of the molecule is O=C(Nc1ccc(Br)cc1)C1CCCN1C(=O)c1cccc(-n2cc(Cn3ccnc3-c3cccs3)nn2)c1. The molecule has 1 N–H and O–H groups in total. The highest BCUT2D eigenvalue weighted by atomic mass is 79.9. The first-order chi connectivity index (χ1) is 19.0. The molecule has 6 rings (SSSR count). The maximum absolute atomic E-state index is 13.5. The predicted octanol–water partition coefficient (Wildman–Crippen LogP) is 5.25. The average molecular weight is 603 g/mol. The first kappa shape index (κ1) is 25.2. The largest absolute Gasteiger partial charge is 0.327 e. The molecule has 5 aromatic rings. The molecule has 1 unspecified atom stereocenters. The second-order valence-corrected chi connectivity index (χ2v) is 11.1. The smallest absolute Gasteiger partial charge is 0.254 e. The van der Waals surface area contributed by atoms with E-state index in [4.69, 9.17) is 0 Å². The fraction of sp³-hybridized carbons (Fsp3) is 0.179. The predicted molar refractivity (Wildman–Crippen MR) is 153 cm³/mol. The van der Waals surface area contributed by atoms with Crippen molar-refractivity contribution < 1.29 is 9.59 Å². The van der Waals surface area contributed by atoms with Gasteiger partial charge in [-0.15, -0.1) is 16.4 Å². The number of thiophene rings is 1. The van der Waals surface area contributed by atoms with Crippen molar-refractivity contribution in [1.29, 1.82) is 0 Å². The van der Waals surface area contributed by atoms with Crippen molar-refractivity contribution in [2.75, 3.05) is 11.9 Å². The van der Waals surface area contributed by atoms with Crippen LogP contribution >= 0.6 is 27.3 Å². The number of imidazole rings is 1. The van der Waals surface area contributed by atoms with Crippen molar-refractivity contribution in [3.8, 4) is 16.4 Å². The number of hydrogen-bond donors (Lipinski definition) is 1. The summed E-state index contributed by atoms with van der Waals surface area (Å²) < 4.78 is 4.63. The van der Waals surface area contributed by atoms with Gasteiger partial charge in [-0.25, -0.2) is 9.67 Å². The van der Waals surface area contributed by atoms with E-state index in [-0.39, 0.29) is 11.8 Å². The van der Waals surface area contributed by atoms with Gasteiger partial charge in [-0.2, -0.15) is 0 Å². The van der Waals surface area contributed by atoms with Crippen LogP contribution in [0.15, 0.2) is 89.1 Å². The molecule has 39 heavy (non-hydrogen) atoms. The van der Waals surface area contributed by atoms with Crippen molar-refractivity contribution in [3.05, 3.63) is 100 Å². The quantitative estimate of drug-likeness (QED) is 0.275. The third-order valence-corrected chi connectivity index (χ3v) is 8.01. The summed E-state index contributed by atoms with van der Waals surface area (Å²) in [6, 6.07) is 18.2. The summed E-state index contributed by atoms with van der Waals surface area (Å²) in [6.07, 6.45) is 6.96. The van der Waals surface area contributed by atoms with Gasteiger partial charge >= 0.3 is 0 Å². The van der Waals surface area contributed by atoms with Crippen LogP contribution in [0.2, 0.25) is 0 Å². The van der Waals surface area contributed by atoms with Crippen molar-refractivity contribution in [2.24, 2.45) is 0 Å². The second kappa shape index (κ2) is 11.0. The van der Waals surface area contributed by atoms with Gasteiger partial charge in [0.05, 0.1) is 23.3 Å². The van der Waals surface area contributed by atoms with Gasteiger partial charge in [-0.05, 0) is 66.8 Å². The number of nitrogens with zero attached hydrogens (tertiary/aromatic N) is 6. The fourth-order valence-electron chi connectivity index (χ4n) is 4.73. The molecular weight excluding hydrogens is 578 g/mol. The van der Waals surface area contributed by atoms with E-state index in [1.54, 1.807) is 39.2 Å². The molecule has 0 spiro atoms. The summed E-state index contributed by atoms with van der Waals surface area (Å²) in [4.78, 5) is 33.7. The van der Waals surface area contributed by atoms with E-state index in [2.05, 4.69) is 36.5 Å². The van der Waals surface area contributed by atoms with Crippen molar-refractivity contribution in [1.82, 2.24) is 29.4 Å². The zero-order valence-electron chi connectivity index (χ0n) is 20.8. The van der Waals surface area contributed by atoms with Crippen LogP contribution in [0.1, 0.15) is 28.9 Å². The van der Waals surface area contributed by atoms with E-state index in [9.17, 15) is 9.59 Å². The molecule has 0 radical (unpaired) electrons. The van der Waals surface area contributed by atoms with Crippen LogP contribution in [-0.2, 0) is 11.3 Å². The zero-order chi connectivity index (χ0) is 26.8. The number of carbonyl (C=O) groups is 2. The van der Waals surface area contributed by atoms with Gasteiger partial charge < -0.3 is 14.8 Å². The Balaban J connectivity index is 1.16. The molecule has 1 fully saturated rings. The third kappa shape index (κ3) is 5.41. The molecule has 0 saturated carbocycles. The summed E-state index contributed by atoms with van der Waals surface area (Å²) in [5.41, 5.74) is 2.69. The molecule has 1 aliphatic rings. The van der Waals surface area contributed by atoms with Crippen LogP contribution in [-0.4, -0.2) is 53.8 Å². The molecule has 9 nitrogen and oxygen atoms in total.